The summed E-state index contributed by atoms with van der Waals surface area (Å²) in [7, 11) is -1.61. The Bertz CT molecular complexity index is 522. The van der Waals surface area contributed by atoms with Crippen LogP contribution < -0.4 is 5.32 Å². The number of rotatable bonds is 4. The molecule has 1 amide bonds. The van der Waals surface area contributed by atoms with Crippen LogP contribution in [0.1, 0.15) is 38.5 Å². The average molecular weight is 330 g/mol. The summed E-state index contributed by atoms with van der Waals surface area (Å²) in [5.74, 6) is 0.00873. The Balaban J connectivity index is 1.74. The smallest absolute Gasteiger partial charge is 0.240 e. The number of nitrogens with zero attached hydrogens (tertiary/aromatic N) is 1. The minimum atomic E-state index is -3.12. The maximum atomic E-state index is 13.0. The zero-order chi connectivity index (χ0) is 15.8. The zero-order valence-electron chi connectivity index (χ0n) is 13.2. The van der Waals surface area contributed by atoms with Crippen molar-refractivity contribution in [3.63, 3.8) is 0 Å². The number of ether oxygens (including phenoxy) is 1. The quantitative estimate of drug-likeness (QED) is 0.804. The Morgan fingerprint density at radius 3 is 2.36 bits per heavy atom. The Hall–Kier alpha value is -0.660. The van der Waals surface area contributed by atoms with Crippen molar-refractivity contribution in [2.24, 2.45) is 0 Å². The van der Waals surface area contributed by atoms with Crippen molar-refractivity contribution in [1.29, 1.82) is 0 Å². The predicted molar refractivity (Wildman–Crippen MR) is 83.4 cm³/mol. The molecule has 7 heteroatoms. The first kappa shape index (κ1) is 16.2. The standard InChI is InChI=1S/C15H26N2O4S/c1-21-13-11-22(19,20)10-12(13)16-14(18)15(6-2-3-7-15)17-8-4-5-9-17/h12-13H,2-11H2,1H3,(H,16,18)/t12-,13-/m1/s1. The summed E-state index contributed by atoms with van der Waals surface area (Å²) < 4.78 is 28.9. The van der Waals surface area contributed by atoms with Crippen LogP contribution in [0.2, 0.25) is 0 Å². The van der Waals surface area contributed by atoms with Crippen molar-refractivity contribution in [1.82, 2.24) is 10.2 Å². The van der Waals surface area contributed by atoms with E-state index < -0.39 is 27.5 Å². The third-order valence-corrected chi connectivity index (χ3v) is 7.19. The highest BCUT2D eigenvalue weighted by molar-refractivity contribution is 7.91. The van der Waals surface area contributed by atoms with Gasteiger partial charge in [0.05, 0.1) is 23.7 Å². The lowest BCUT2D eigenvalue weighted by molar-refractivity contribution is -0.134. The molecule has 3 rings (SSSR count). The fraction of sp³-hybridized carbons (Fsp3) is 0.933. The normalized spacial score (nSPS) is 34.0. The summed E-state index contributed by atoms with van der Waals surface area (Å²) in [6.07, 6.45) is 5.78. The number of hydrogen-bond donors (Lipinski definition) is 1. The molecule has 126 valence electrons. The van der Waals surface area contributed by atoms with Crippen molar-refractivity contribution in [3.05, 3.63) is 0 Å². The highest BCUT2D eigenvalue weighted by Crippen LogP contribution is 2.38. The molecule has 1 N–H and O–H groups in total. The van der Waals surface area contributed by atoms with Gasteiger partial charge in [-0.1, -0.05) is 12.8 Å². The predicted octanol–water partition coefficient (Wildman–Crippen LogP) is 0.323. The van der Waals surface area contributed by atoms with Crippen molar-refractivity contribution in [2.75, 3.05) is 31.7 Å². The summed E-state index contributed by atoms with van der Waals surface area (Å²) in [5, 5.41) is 3.01. The van der Waals surface area contributed by atoms with E-state index >= 15 is 0 Å². The Kier molecular flexibility index (Phi) is 4.49. The Morgan fingerprint density at radius 2 is 1.77 bits per heavy atom. The summed E-state index contributed by atoms with van der Waals surface area (Å²) in [6.45, 7) is 1.95. The van der Waals surface area contributed by atoms with Gasteiger partial charge in [0, 0.05) is 7.11 Å². The molecule has 0 aromatic carbocycles. The molecule has 0 aromatic heterocycles. The monoisotopic (exact) mass is 330 g/mol. The Morgan fingerprint density at radius 1 is 1.14 bits per heavy atom. The van der Waals surface area contributed by atoms with Crippen molar-refractivity contribution >= 4 is 15.7 Å². The molecular weight excluding hydrogens is 304 g/mol. The lowest BCUT2D eigenvalue weighted by Crippen LogP contribution is -2.59. The maximum absolute atomic E-state index is 13.0. The third kappa shape index (κ3) is 2.90. The van der Waals surface area contributed by atoms with Crippen LogP contribution in [0.3, 0.4) is 0 Å². The van der Waals surface area contributed by atoms with Crippen LogP contribution in [0.5, 0.6) is 0 Å². The molecule has 2 saturated heterocycles. The van der Waals surface area contributed by atoms with Crippen LogP contribution in [-0.4, -0.2) is 68.6 Å². The van der Waals surface area contributed by atoms with Crippen LogP contribution in [-0.2, 0) is 19.4 Å². The highest BCUT2D eigenvalue weighted by Gasteiger charge is 2.49. The number of methoxy groups -OCH3 is 1. The van der Waals surface area contributed by atoms with Crippen LogP contribution in [0, 0.1) is 0 Å². The van der Waals surface area contributed by atoms with Gasteiger partial charge in [-0.05, 0) is 38.8 Å². The maximum Gasteiger partial charge on any atom is 0.240 e. The van der Waals surface area contributed by atoms with E-state index in [4.69, 9.17) is 4.74 Å². The largest absolute Gasteiger partial charge is 0.378 e. The SMILES string of the molecule is CO[C@@H]1CS(=O)(=O)C[C@H]1NC(=O)C1(N2CCCC2)CCCC1. The second-order valence-electron chi connectivity index (χ2n) is 6.86. The molecule has 2 heterocycles. The van der Waals surface area contributed by atoms with Gasteiger partial charge >= 0.3 is 0 Å². The minimum Gasteiger partial charge on any atom is -0.378 e. The average Bonchev–Trinajstić information content (AvgIpc) is 3.16. The van der Waals surface area contributed by atoms with Crippen molar-refractivity contribution in [2.45, 2.75) is 56.2 Å². The lowest BCUT2D eigenvalue weighted by atomic mass is 9.93. The van der Waals surface area contributed by atoms with Crippen molar-refractivity contribution < 1.29 is 17.9 Å². The summed E-state index contributed by atoms with van der Waals surface area (Å²) in [4.78, 5) is 15.3. The number of sulfone groups is 1. The summed E-state index contributed by atoms with van der Waals surface area (Å²) in [6, 6.07) is -0.414. The molecule has 0 unspecified atom stereocenters. The van der Waals surface area contributed by atoms with E-state index in [0.717, 1.165) is 51.6 Å². The topological polar surface area (TPSA) is 75.7 Å². The molecule has 3 aliphatic rings. The van der Waals surface area contributed by atoms with E-state index in [-0.39, 0.29) is 17.4 Å². The van der Waals surface area contributed by atoms with Gasteiger partial charge in [-0.3, -0.25) is 9.69 Å². The molecule has 0 aromatic rings. The van der Waals surface area contributed by atoms with Gasteiger partial charge < -0.3 is 10.1 Å². The molecule has 2 atom stereocenters. The van der Waals surface area contributed by atoms with E-state index in [0.29, 0.717) is 0 Å². The molecule has 1 saturated carbocycles. The van der Waals surface area contributed by atoms with E-state index in [1.54, 1.807) is 0 Å². The molecule has 0 radical (unpaired) electrons. The van der Waals surface area contributed by atoms with Gasteiger partial charge in [0.15, 0.2) is 9.84 Å². The fourth-order valence-electron chi connectivity index (χ4n) is 4.28. The minimum absolute atomic E-state index is 0.00512. The van der Waals surface area contributed by atoms with Gasteiger partial charge in [0.1, 0.15) is 5.54 Å². The molecule has 2 aliphatic heterocycles. The Labute approximate surface area is 132 Å². The first-order valence-corrected chi connectivity index (χ1v) is 10.1. The van der Waals surface area contributed by atoms with Crippen LogP contribution in [0.4, 0.5) is 0 Å². The number of hydrogen-bond acceptors (Lipinski definition) is 5. The third-order valence-electron chi connectivity index (χ3n) is 5.48. The van der Waals surface area contributed by atoms with Gasteiger partial charge in [0.2, 0.25) is 5.91 Å². The number of amides is 1. The molecule has 3 fully saturated rings. The molecule has 0 spiro atoms. The molecule has 6 nitrogen and oxygen atoms in total. The van der Waals surface area contributed by atoms with E-state index in [1.165, 1.54) is 7.11 Å². The molecule has 0 bridgehead atoms. The number of carbonyl (C=O) groups is 1. The first-order chi connectivity index (χ1) is 10.5. The summed E-state index contributed by atoms with van der Waals surface area (Å²) >= 11 is 0. The zero-order valence-corrected chi connectivity index (χ0v) is 14.0. The second-order valence-corrected chi connectivity index (χ2v) is 9.02. The van der Waals surface area contributed by atoms with Crippen LogP contribution >= 0.6 is 0 Å². The second kappa shape index (κ2) is 6.09. The number of nitrogens with one attached hydrogen (secondary N) is 1. The van der Waals surface area contributed by atoms with E-state index in [1.807, 2.05) is 0 Å². The lowest BCUT2D eigenvalue weighted by Gasteiger charge is -2.38. The first-order valence-electron chi connectivity index (χ1n) is 8.26. The van der Waals surface area contributed by atoms with Crippen LogP contribution in [0.25, 0.3) is 0 Å². The molecule has 1 aliphatic carbocycles. The molecule has 22 heavy (non-hydrogen) atoms. The van der Waals surface area contributed by atoms with E-state index in [9.17, 15) is 13.2 Å². The van der Waals surface area contributed by atoms with Crippen molar-refractivity contribution in [3.8, 4) is 0 Å². The van der Waals surface area contributed by atoms with E-state index in [2.05, 4.69) is 10.2 Å². The number of carbonyl (C=O) groups excluding carboxylic acids is 1. The van der Waals surface area contributed by atoms with Gasteiger partial charge in [-0.15, -0.1) is 0 Å². The van der Waals surface area contributed by atoms with Gasteiger partial charge in [0.25, 0.3) is 0 Å². The highest BCUT2D eigenvalue weighted by atomic mass is 32.2. The summed E-state index contributed by atoms with van der Waals surface area (Å²) in [5.41, 5.74) is -0.416. The number of likely N-dealkylation sites (tertiary alicyclic amines) is 1. The van der Waals surface area contributed by atoms with Gasteiger partial charge in [-0.2, -0.15) is 0 Å². The van der Waals surface area contributed by atoms with Crippen LogP contribution in [0.15, 0.2) is 0 Å². The van der Waals surface area contributed by atoms with Gasteiger partial charge in [-0.25, -0.2) is 8.42 Å². The molecular formula is C15H26N2O4S. The fourth-order valence-corrected chi connectivity index (χ4v) is 6.13.